The molecule has 3 rings (SSSR count). The van der Waals surface area contributed by atoms with Crippen LogP contribution in [0.4, 0.5) is 0 Å². The Morgan fingerprint density at radius 1 is 1.22 bits per heavy atom. The Balaban J connectivity index is 1.54. The molecule has 0 aromatic heterocycles. The van der Waals surface area contributed by atoms with Crippen molar-refractivity contribution in [2.45, 2.75) is 76.3 Å². The molecule has 0 amide bonds. The zero-order valence-electron chi connectivity index (χ0n) is 11.6. The van der Waals surface area contributed by atoms with Crippen molar-refractivity contribution in [3.8, 4) is 0 Å². The Kier molecular flexibility index (Phi) is 3.88. The van der Waals surface area contributed by atoms with E-state index in [1.54, 1.807) is 0 Å². The maximum Gasteiger partial charge on any atom is 0.157 e. The number of hydrogen-bond acceptors (Lipinski definition) is 2. The number of rotatable bonds is 2. The third-order valence-corrected chi connectivity index (χ3v) is 6.29. The van der Waals surface area contributed by atoms with Crippen LogP contribution in [0.5, 0.6) is 0 Å². The molecular weight excluding hydrogens is 240 g/mol. The summed E-state index contributed by atoms with van der Waals surface area (Å²) in [6, 6.07) is 0.611. The van der Waals surface area contributed by atoms with Crippen LogP contribution < -0.4 is 5.32 Å². The number of nitrogens with one attached hydrogen (secondary N) is 1. The zero-order chi connectivity index (χ0) is 12.4. The minimum Gasteiger partial charge on any atom is -0.359 e. The molecule has 1 heterocycles. The van der Waals surface area contributed by atoms with Gasteiger partial charge in [0.2, 0.25) is 0 Å². The lowest BCUT2D eigenvalue weighted by atomic mass is 9.85. The van der Waals surface area contributed by atoms with Crippen molar-refractivity contribution in [2.24, 2.45) is 10.9 Å². The topological polar surface area (TPSA) is 24.4 Å². The van der Waals surface area contributed by atoms with Crippen LogP contribution in [0.25, 0.3) is 0 Å². The van der Waals surface area contributed by atoms with Crippen molar-refractivity contribution in [3.05, 3.63) is 0 Å². The standard InChI is InChI=1S/C15H26N2S/c1-2-12-5-7-13(8-6-12)16-14-17-15(11-18-14)9-3-4-10-15/h12-13H,2-11H2,1H3,(H,16,17). The Hall–Kier alpha value is -0.180. The zero-order valence-corrected chi connectivity index (χ0v) is 12.4. The van der Waals surface area contributed by atoms with Crippen molar-refractivity contribution in [2.75, 3.05) is 5.75 Å². The summed E-state index contributed by atoms with van der Waals surface area (Å²) in [7, 11) is 0. The van der Waals surface area contributed by atoms with Crippen LogP contribution in [0.2, 0.25) is 0 Å². The van der Waals surface area contributed by atoms with E-state index in [1.165, 1.54) is 68.7 Å². The number of hydrogen-bond donors (Lipinski definition) is 1. The molecule has 3 heteroatoms. The molecule has 1 N–H and O–H groups in total. The molecule has 3 aliphatic rings. The van der Waals surface area contributed by atoms with Crippen LogP contribution in [-0.4, -0.2) is 22.5 Å². The minimum atomic E-state index is 0.435. The number of amidine groups is 1. The van der Waals surface area contributed by atoms with E-state index in [0.29, 0.717) is 11.6 Å². The molecule has 0 aromatic rings. The van der Waals surface area contributed by atoms with E-state index >= 15 is 0 Å². The highest BCUT2D eigenvalue weighted by Gasteiger charge is 2.39. The first kappa shape index (κ1) is 12.8. The average Bonchev–Trinajstić information content (AvgIpc) is 3.02. The molecule has 2 aliphatic carbocycles. The van der Waals surface area contributed by atoms with E-state index in [9.17, 15) is 0 Å². The van der Waals surface area contributed by atoms with E-state index in [4.69, 9.17) is 4.99 Å². The quantitative estimate of drug-likeness (QED) is 0.818. The van der Waals surface area contributed by atoms with Gasteiger partial charge in [0.05, 0.1) is 6.04 Å². The van der Waals surface area contributed by atoms with Crippen LogP contribution in [0.3, 0.4) is 0 Å². The lowest BCUT2D eigenvalue weighted by Crippen LogP contribution is -2.41. The molecule has 1 spiro atoms. The van der Waals surface area contributed by atoms with E-state index in [0.717, 1.165) is 5.92 Å². The summed E-state index contributed by atoms with van der Waals surface area (Å²) in [5.41, 5.74) is 0.435. The fourth-order valence-corrected chi connectivity index (χ4v) is 5.03. The fraction of sp³-hybridized carbons (Fsp3) is 0.933. The van der Waals surface area contributed by atoms with Gasteiger partial charge in [0.15, 0.2) is 5.17 Å². The van der Waals surface area contributed by atoms with Gasteiger partial charge in [0, 0.05) is 11.3 Å². The van der Waals surface area contributed by atoms with Gasteiger partial charge in [0.25, 0.3) is 0 Å². The maximum atomic E-state index is 4.99. The van der Waals surface area contributed by atoms with Crippen LogP contribution in [-0.2, 0) is 0 Å². The van der Waals surface area contributed by atoms with E-state index in [2.05, 4.69) is 12.2 Å². The van der Waals surface area contributed by atoms with Crippen LogP contribution in [0.15, 0.2) is 4.99 Å². The summed E-state index contributed by atoms with van der Waals surface area (Å²) < 4.78 is 0. The molecule has 1 aliphatic heterocycles. The minimum absolute atomic E-state index is 0.435. The Labute approximate surface area is 115 Å². The van der Waals surface area contributed by atoms with Gasteiger partial charge in [0.1, 0.15) is 0 Å². The molecule has 1 saturated heterocycles. The molecule has 2 nitrogen and oxygen atoms in total. The Bertz CT molecular complexity index is 312. The molecule has 0 bridgehead atoms. The second-order valence-electron chi connectivity index (χ2n) is 6.42. The summed E-state index contributed by atoms with van der Waals surface area (Å²) in [5.74, 6) is 2.24. The third kappa shape index (κ3) is 2.71. The Morgan fingerprint density at radius 3 is 2.61 bits per heavy atom. The summed E-state index contributed by atoms with van der Waals surface area (Å²) >= 11 is 1.98. The lowest BCUT2D eigenvalue weighted by molar-refractivity contribution is 0.320. The van der Waals surface area contributed by atoms with Crippen LogP contribution >= 0.6 is 11.8 Å². The highest BCUT2D eigenvalue weighted by molar-refractivity contribution is 8.14. The van der Waals surface area contributed by atoms with Crippen LogP contribution in [0.1, 0.15) is 64.7 Å². The van der Waals surface area contributed by atoms with Crippen molar-refractivity contribution in [1.82, 2.24) is 5.32 Å². The van der Waals surface area contributed by atoms with Gasteiger partial charge in [-0.2, -0.15) is 0 Å². The number of aliphatic imine (C=N–C) groups is 1. The Morgan fingerprint density at radius 2 is 1.94 bits per heavy atom. The van der Waals surface area contributed by atoms with Gasteiger partial charge in [-0.15, -0.1) is 0 Å². The van der Waals surface area contributed by atoms with E-state index in [-0.39, 0.29) is 0 Å². The van der Waals surface area contributed by atoms with E-state index < -0.39 is 0 Å². The number of thioether (sulfide) groups is 1. The van der Waals surface area contributed by atoms with Gasteiger partial charge in [-0.3, -0.25) is 4.99 Å². The van der Waals surface area contributed by atoms with Gasteiger partial charge in [-0.1, -0.05) is 37.9 Å². The van der Waals surface area contributed by atoms with Crippen molar-refractivity contribution < 1.29 is 0 Å². The first-order valence-electron chi connectivity index (χ1n) is 7.78. The van der Waals surface area contributed by atoms with Gasteiger partial charge in [-0.05, 0) is 44.4 Å². The summed E-state index contributed by atoms with van der Waals surface area (Å²) in [5, 5.41) is 5.01. The summed E-state index contributed by atoms with van der Waals surface area (Å²) in [6.07, 6.45) is 12.3. The average molecular weight is 266 g/mol. The highest BCUT2D eigenvalue weighted by Crippen LogP contribution is 2.38. The summed E-state index contributed by atoms with van der Waals surface area (Å²) in [6.45, 7) is 2.33. The molecule has 3 fully saturated rings. The van der Waals surface area contributed by atoms with Crippen molar-refractivity contribution >= 4 is 16.9 Å². The number of nitrogens with zero attached hydrogens (tertiary/aromatic N) is 1. The molecule has 2 saturated carbocycles. The maximum absolute atomic E-state index is 4.99. The molecule has 0 radical (unpaired) electrons. The molecular formula is C15H26N2S. The monoisotopic (exact) mass is 266 g/mol. The van der Waals surface area contributed by atoms with Gasteiger partial charge < -0.3 is 5.32 Å². The first-order chi connectivity index (χ1) is 8.80. The summed E-state index contributed by atoms with van der Waals surface area (Å²) in [4.78, 5) is 4.99. The van der Waals surface area contributed by atoms with Gasteiger partial charge >= 0.3 is 0 Å². The predicted molar refractivity (Wildman–Crippen MR) is 80.3 cm³/mol. The molecule has 18 heavy (non-hydrogen) atoms. The molecule has 0 atom stereocenters. The highest BCUT2D eigenvalue weighted by atomic mass is 32.2. The fourth-order valence-electron chi connectivity index (χ4n) is 3.74. The lowest BCUT2D eigenvalue weighted by Gasteiger charge is -2.26. The predicted octanol–water partition coefficient (Wildman–Crippen LogP) is 3.96. The SMILES string of the molecule is CCC1CCC(N=C2NC3(CCCC3)CS2)CC1. The first-order valence-corrected chi connectivity index (χ1v) is 8.77. The van der Waals surface area contributed by atoms with Gasteiger partial charge in [-0.25, -0.2) is 0 Å². The second kappa shape index (κ2) is 5.44. The third-order valence-electron chi connectivity index (χ3n) is 5.11. The van der Waals surface area contributed by atoms with Crippen molar-refractivity contribution in [1.29, 1.82) is 0 Å². The van der Waals surface area contributed by atoms with E-state index in [1.807, 2.05) is 11.8 Å². The van der Waals surface area contributed by atoms with Crippen molar-refractivity contribution in [3.63, 3.8) is 0 Å². The molecule has 102 valence electrons. The molecule has 0 unspecified atom stereocenters. The molecule has 0 aromatic carbocycles. The smallest absolute Gasteiger partial charge is 0.157 e. The van der Waals surface area contributed by atoms with Crippen LogP contribution in [0, 0.1) is 5.92 Å². The largest absolute Gasteiger partial charge is 0.359 e. The normalized spacial score (nSPS) is 37.3. The second-order valence-corrected chi connectivity index (χ2v) is 7.38.